The van der Waals surface area contributed by atoms with Gasteiger partial charge in [0.1, 0.15) is 9.88 Å². The van der Waals surface area contributed by atoms with Crippen LogP contribution < -0.4 is 5.43 Å². The Hall–Kier alpha value is -3.05. The van der Waals surface area contributed by atoms with Crippen LogP contribution in [0.4, 0.5) is 0 Å². The maximum Gasteiger partial charge on any atom is 0.283 e. The normalized spacial score (nSPS) is 11.2. The molecule has 1 aromatic heterocycles. The van der Waals surface area contributed by atoms with Gasteiger partial charge in [-0.3, -0.25) is 4.79 Å². The summed E-state index contributed by atoms with van der Waals surface area (Å²) in [7, 11) is 0. The molecule has 1 N–H and O–H groups in total. The Morgan fingerprint density at radius 3 is 2.48 bits per heavy atom. The van der Waals surface area contributed by atoms with Gasteiger partial charge in [0.15, 0.2) is 0 Å². The molecule has 0 saturated carbocycles. The van der Waals surface area contributed by atoms with Crippen molar-refractivity contribution in [3.8, 4) is 10.6 Å². The summed E-state index contributed by atoms with van der Waals surface area (Å²) < 4.78 is 0. The first-order valence-electron chi connectivity index (χ1n) is 7.82. The molecule has 25 heavy (non-hydrogen) atoms. The van der Waals surface area contributed by atoms with Crippen molar-refractivity contribution >= 4 is 29.5 Å². The fraction of sp³-hybridized carbons (Fsp3) is 0.0500. The third-order valence-corrected chi connectivity index (χ3v) is 4.64. The Morgan fingerprint density at radius 2 is 1.76 bits per heavy atom. The number of aromatic nitrogens is 1. The van der Waals surface area contributed by atoms with Crippen molar-refractivity contribution in [2.75, 3.05) is 0 Å². The molecule has 5 heteroatoms. The summed E-state index contributed by atoms with van der Waals surface area (Å²) in [6.45, 7) is 1.83. The van der Waals surface area contributed by atoms with Gasteiger partial charge < -0.3 is 0 Å². The largest absolute Gasteiger partial charge is 0.283 e. The molecule has 0 unspecified atom stereocenters. The summed E-state index contributed by atoms with van der Waals surface area (Å²) >= 11 is 1.37. The highest BCUT2D eigenvalue weighted by atomic mass is 32.1. The number of carbonyl (C=O) groups excluding carboxylic acids is 1. The van der Waals surface area contributed by atoms with E-state index in [0.29, 0.717) is 10.6 Å². The highest BCUT2D eigenvalue weighted by Gasteiger charge is 2.15. The smallest absolute Gasteiger partial charge is 0.266 e. The molecule has 0 aliphatic heterocycles. The minimum absolute atomic E-state index is 0.249. The number of nitrogens with one attached hydrogen (secondary N) is 1. The van der Waals surface area contributed by atoms with Crippen LogP contribution in [-0.4, -0.2) is 17.1 Å². The standard InChI is InChI=1S/C20H17N3OS/c1-15-18(25-20(22-15)17-12-6-3-7-13-17)19(24)23-21-14-8-11-16-9-4-2-5-10-16/h2-14H,1H3,(H,23,24)/b11-8+,21-14?. The number of thiazole rings is 1. The van der Waals surface area contributed by atoms with Crippen molar-refractivity contribution in [3.63, 3.8) is 0 Å². The molecule has 3 rings (SSSR count). The molecular weight excluding hydrogens is 330 g/mol. The molecule has 0 spiro atoms. The van der Waals surface area contributed by atoms with E-state index in [9.17, 15) is 4.79 Å². The fourth-order valence-electron chi connectivity index (χ4n) is 2.22. The summed E-state index contributed by atoms with van der Waals surface area (Å²) in [6.07, 6.45) is 5.25. The van der Waals surface area contributed by atoms with Gasteiger partial charge in [-0.05, 0) is 18.6 Å². The van der Waals surface area contributed by atoms with Gasteiger partial charge in [0, 0.05) is 11.8 Å². The second kappa shape index (κ2) is 8.17. The maximum absolute atomic E-state index is 12.3. The lowest BCUT2D eigenvalue weighted by Gasteiger charge is -1.95. The molecule has 1 heterocycles. The molecule has 1 amide bonds. The summed E-state index contributed by atoms with van der Waals surface area (Å²) in [4.78, 5) is 17.3. The highest BCUT2D eigenvalue weighted by Crippen LogP contribution is 2.27. The average molecular weight is 347 g/mol. The van der Waals surface area contributed by atoms with E-state index in [1.807, 2.05) is 73.7 Å². The van der Waals surface area contributed by atoms with Crippen molar-refractivity contribution in [2.45, 2.75) is 6.92 Å². The van der Waals surface area contributed by atoms with Gasteiger partial charge in [-0.25, -0.2) is 10.4 Å². The fourth-order valence-corrected chi connectivity index (χ4v) is 3.18. The van der Waals surface area contributed by atoms with Crippen LogP contribution in [-0.2, 0) is 0 Å². The zero-order chi connectivity index (χ0) is 17.5. The Labute approximate surface area is 150 Å². The van der Waals surface area contributed by atoms with Crippen LogP contribution in [0.15, 0.2) is 71.8 Å². The van der Waals surface area contributed by atoms with Crippen molar-refractivity contribution in [2.24, 2.45) is 5.10 Å². The van der Waals surface area contributed by atoms with E-state index in [1.54, 1.807) is 12.3 Å². The van der Waals surface area contributed by atoms with Crippen LogP contribution in [0.25, 0.3) is 16.6 Å². The molecule has 0 aliphatic carbocycles. The number of allylic oxidation sites excluding steroid dienone is 1. The number of amides is 1. The summed E-state index contributed by atoms with van der Waals surface area (Å²) in [5, 5.41) is 4.78. The molecule has 4 nitrogen and oxygen atoms in total. The lowest BCUT2D eigenvalue weighted by Crippen LogP contribution is -2.16. The minimum atomic E-state index is -0.249. The van der Waals surface area contributed by atoms with E-state index in [4.69, 9.17) is 0 Å². The molecule has 0 fully saturated rings. The minimum Gasteiger partial charge on any atom is -0.266 e. The number of benzene rings is 2. The third-order valence-electron chi connectivity index (χ3n) is 3.44. The van der Waals surface area contributed by atoms with Crippen LogP contribution in [0, 0.1) is 6.92 Å². The van der Waals surface area contributed by atoms with E-state index in [-0.39, 0.29) is 5.91 Å². The first-order chi connectivity index (χ1) is 12.2. The van der Waals surface area contributed by atoms with E-state index in [0.717, 1.165) is 16.1 Å². The predicted molar refractivity (Wildman–Crippen MR) is 104 cm³/mol. The molecule has 0 saturated heterocycles. The Bertz CT molecular complexity index is 899. The predicted octanol–water partition coefficient (Wildman–Crippen LogP) is 4.55. The van der Waals surface area contributed by atoms with Crippen LogP contribution >= 0.6 is 11.3 Å². The van der Waals surface area contributed by atoms with Gasteiger partial charge in [0.2, 0.25) is 0 Å². The van der Waals surface area contributed by atoms with Gasteiger partial charge in [-0.2, -0.15) is 5.10 Å². The molecule has 0 atom stereocenters. The summed E-state index contributed by atoms with van der Waals surface area (Å²) in [5.41, 5.74) is 5.32. The molecular formula is C20H17N3OS. The Morgan fingerprint density at radius 1 is 1.08 bits per heavy atom. The van der Waals surface area contributed by atoms with Crippen LogP contribution in [0.1, 0.15) is 20.9 Å². The van der Waals surface area contributed by atoms with E-state index < -0.39 is 0 Å². The molecule has 0 bridgehead atoms. The number of rotatable bonds is 5. The van der Waals surface area contributed by atoms with Crippen molar-refractivity contribution < 1.29 is 4.79 Å². The van der Waals surface area contributed by atoms with Crippen molar-refractivity contribution in [1.82, 2.24) is 10.4 Å². The third kappa shape index (κ3) is 4.49. The second-order valence-electron chi connectivity index (χ2n) is 5.29. The number of carbonyl (C=O) groups is 1. The van der Waals surface area contributed by atoms with Crippen LogP contribution in [0.3, 0.4) is 0 Å². The van der Waals surface area contributed by atoms with E-state index in [1.165, 1.54) is 11.3 Å². The summed E-state index contributed by atoms with van der Waals surface area (Å²) in [5.74, 6) is -0.249. The van der Waals surface area contributed by atoms with Crippen LogP contribution in [0.2, 0.25) is 0 Å². The van der Waals surface area contributed by atoms with Gasteiger partial charge in [0.05, 0.1) is 5.69 Å². The molecule has 124 valence electrons. The lowest BCUT2D eigenvalue weighted by molar-refractivity contribution is 0.0958. The second-order valence-corrected chi connectivity index (χ2v) is 6.29. The monoisotopic (exact) mass is 347 g/mol. The van der Waals surface area contributed by atoms with Gasteiger partial charge in [0.25, 0.3) is 5.91 Å². The Kier molecular flexibility index (Phi) is 5.49. The molecule has 0 radical (unpaired) electrons. The SMILES string of the molecule is Cc1nc(-c2ccccc2)sc1C(=O)NN=C/C=C/c1ccccc1. The van der Waals surface area contributed by atoms with Crippen molar-refractivity contribution in [3.05, 3.63) is 82.9 Å². The lowest BCUT2D eigenvalue weighted by atomic mass is 10.2. The van der Waals surface area contributed by atoms with Gasteiger partial charge in [-0.1, -0.05) is 66.7 Å². The number of hydrogen-bond donors (Lipinski definition) is 1. The number of hydrogen-bond acceptors (Lipinski definition) is 4. The summed E-state index contributed by atoms with van der Waals surface area (Å²) in [6, 6.07) is 19.7. The average Bonchev–Trinajstić information content (AvgIpc) is 3.05. The first kappa shape index (κ1) is 16.8. The topological polar surface area (TPSA) is 54.4 Å². The first-order valence-corrected chi connectivity index (χ1v) is 8.63. The van der Waals surface area contributed by atoms with E-state index >= 15 is 0 Å². The molecule has 0 aliphatic rings. The van der Waals surface area contributed by atoms with Crippen molar-refractivity contribution in [1.29, 1.82) is 0 Å². The van der Waals surface area contributed by atoms with E-state index in [2.05, 4.69) is 15.5 Å². The molecule has 3 aromatic rings. The molecule has 2 aromatic carbocycles. The maximum atomic E-state index is 12.3. The number of hydrazone groups is 1. The van der Waals surface area contributed by atoms with Crippen LogP contribution in [0.5, 0.6) is 0 Å². The van der Waals surface area contributed by atoms with Gasteiger partial charge >= 0.3 is 0 Å². The van der Waals surface area contributed by atoms with Gasteiger partial charge in [-0.15, -0.1) is 11.3 Å². The highest BCUT2D eigenvalue weighted by molar-refractivity contribution is 7.17. The zero-order valence-electron chi connectivity index (χ0n) is 13.7. The Balaban J connectivity index is 1.63. The quantitative estimate of drug-likeness (QED) is 0.544. The number of nitrogens with zero attached hydrogens (tertiary/aromatic N) is 2. The zero-order valence-corrected chi connectivity index (χ0v) is 14.5. The number of aryl methyl sites for hydroxylation is 1.